The minimum absolute atomic E-state index is 0.0140. The van der Waals surface area contributed by atoms with Crippen LogP contribution < -0.4 is 14.8 Å². The minimum Gasteiger partial charge on any atom is -0.454 e. The highest BCUT2D eigenvalue weighted by Crippen LogP contribution is 2.34. The fourth-order valence-corrected chi connectivity index (χ4v) is 1.90. The molecule has 98 valence electrons. The molecule has 0 aliphatic carbocycles. The van der Waals surface area contributed by atoms with Crippen LogP contribution in [0, 0.1) is 11.6 Å². The molecule has 0 saturated heterocycles. The maximum Gasteiger partial charge on any atom is 0.231 e. The standard InChI is InChI=1S/C14H11F2NO2/c15-11-2-1-3-12(16)10(11)7-17-9-4-5-13-14(6-9)19-8-18-13/h1-6,17H,7-8H2. The largest absolute Gasteiger partial charge is 0.454 e. The van der Waals surface area contributed by atoms with Gasteiger partial charge in [0.2, 0.25) is 6.79 Å². The molecule has 0 spiro atoms. The lowest BCUT2D eigenvalue weighted by Crippen LogP contribution is -2.04. The van der Waals surface area contributed by atoms with Crippen LogP contribution >= 0.6 is 0 Å². The van der Waals surface area contributed by atoms with Crippen LogP contribution in [-0.4, -0.2) is 6.79 Å². The summed E-state index contributed by atoms with van der Waals surface area (Å²) in [5.41, 5.74) is 0.729. The Balaban J connectivity index is 1.76. The van der Waals surface area contributed by atoms with Gasteiger partial charge in [0, 0.05) is 23.9 Å². The summed E-state index contributed by atoms with van der Waals surface area (Å²) >= 11 is 0. The van der Waals surface area contributed by atoms with Crippen molar-refractivity contribution in [2.75, 3.05) is 12.1 Å². The molecule has 0 saturated carbocycles. The van der Waals surface area contributed by atoms with Gasteiger partial charge in [0.25, 0.3) is 0 Å². The average molecular weight is 263 g/mol. The zero-order chi connectivity index (χ0) is 13.2. The maximum absolute atomic E-state index is 13.4. The minimum atomic E-state index is -0.562. The first-order valence-electron chi connectivity index (χ1n) is 5.80. The van der Waals surface area contributed by atoms with E-state index in [0.29, 0.717) is 17.2 Å². The van der Waals surface area contributed by atoms with E-state index >= 15 is 0 Å². The molecule has 0 aromatic heterocycles. The van der Waals surface area contributed by atoms with E-state index in [4.69, 9.17) is 9.47 Å². The Morgan fingerprint density at radius 1 is 1.00 bits per heavy atom. The highest BCUT2D eigenvalue weighted by atomic mass is 19.1. The molecule has 1 aliphatic rings. The molecule has 0 amide bonds. The highest BCUT2D eigenvalue weighted by molar-refractivity contribution is 5.55. The number of rotatable bonds is 3. The van der Waals surface area contributed by atoms with Gasteiger partial charge in [0.05, 0.1) is 0 Å². The van der Waals surface area contributed by atoms with Gasteiger partial charge in [-0.05, 0) is 24.3 Å². The summed E-state index contributed by atoms with van der Waals surface area (Å²) in [5, 5.41) is 2.96. The van der Waals surface area contributed by atoms with Crippen LogP contribution in [0.2, 0.25) is 0 Å². The highest BCUT2D eigenvalue weighted by Gasteiger charge is 2.13. The monoisotopic (exact) mass is 263 g/mol. The molecule has 2 aromatic carbocycles. The average Bonchev–Trinajstić information content (AvgIpc) is 2.85. The Labute approximate surface area is 108 Å². The van der Waals surface area contributed by atoms with Crippen molar-refractivity contribution >= 4 is 5.69 Å². The number of ether oxygens (including phenoxy) is 2. The molecule has 19 heavy (non-hydrogen) atoms. The molecule has 0 fully saturated rings. The Hall–Kier alpha value is -2.30. The summed E-state index contributed by atoms with van der Waals surface area (Å²) < 4.78 is 37.3. The second-order valence-electron chi connectivity index (χ2n) is 4.12. The Kier molecular flexibility index (Phi) is 2.95. The van der Waals surface area contributed by atoms with E-state index in [1.165, 1.54) is 18.2 Å². The van der Waals surface area contributed by atoms with Gasteiger partial charge in [-0.25, -0.2) is 8.78 Å². The Morgan fingerprint density at radius 2 is 1.74 bits per heavy atom. The molecule has 0 radical (unpaired) electrons. The third kappa shape index (κ3) is 2.31. The number of hydrogen-bond donors (Lipinski definition) is 1. The predicted molar refractivity (Wildman–Crippen MR) is 66.2 cm³/mol. The lowest BCUT2D eigenvalue weighted by Gasteiger charge is -2.09. The van der Waals surface area contributed by atoms with E-state index in [1.54, 1.807) is 18.2 Å². The summed E-state index contributed by atoms with van der Waals surface area (Å²) in [6.45, 7) is 0.263. The van der Waals surface area contributed by atoms with Gasteiger partial charge < -0.3 is 14.8 Å². The molecule has 5 heteroatoms. The SMILES string of the molecule is Fc1cccc(F)c1CNc1ccc2c(c1)OCO2. The lowest BCUT2D eigenvalue weighted by molar-refractivity contribution is 0.174. The molecule has 3 rings (SSSR count). The maximum atomic E-state index is 13.4. The van der Waals surface area contributed by atoms with Crippen molar-refractivity contribution in [3.63, 3.8) is 0 Å². The Bertz CT molecular complexity index is 596. The number of hydrogen-bond acceptors (Lipinski definition) is 3. The topological polar surface area (TPSA) is 30.5 Å². The van der Waals surface area contributed by atoms with Crippen molar-refractivity contribution in [2.45, 2.75) is 6.54 Å². The molecule has 1 aliphatic heterocycles. The number of halogens is 2. The smallest absolute Gasteiger partial charge is 0.231 e. The number of anilines is 1. The molecule has 0 bridgehead atoms. The summed E-state index contributed by atoms with van der Waals surface area (Å²) in [6.07, 6.45) is 0. The predicted octanol–water partition coefficient (Wildman–Crippen LogP) is 3.31. The van der Waals surface area contributed by atoms with Crippen molar-refractivity contribution in [2.24, 2.45) is 0 Å². The van der Waals surface area contributed by atoms with E-state index in [-0.39, 0.29) is 18.9 Å². The van der Waals surface area contributed by atoms with Crippen molar-refractivity contribution < 1.29 is 18.3 Å². The van der Waals surface area contributed by atoms with Crippen molar-refractivity contribution in [3.8, 4) is 11.5 Å². The third-order valence-electron chi connectivity index (χ3n) is 2.90. The molecule has 1 N–H and O–H groups in total. The van der Waals surface area contributed by atoms with E-state index in [9.17, 15) is 8.78 Å². The van der Waals surface area contributed by atoms with E-state index < -0.39 is 11.6 Å². The first-order valence-corrected chi connectivity index (χ1v) is 5.80. The van der Waals surface area contributed by atoms with Gasteiger partial charge >= 0.3 is 0 Å². The van der Waals surface area contributed by atoms with Gasteiger partial charge in [0.15, 0.2) is 11.5 Å². The van der Waals surface area contributed by atoms with E-state index in [2.05, 4.69) is 5.32 Å². The molecular weight excluding hydrogens is 252 g/mol. The van der Waals surface area contributed by atoms with Gasteiger partial charge in [-0.3, -0.25) is 0 Å². The second-order valence-corrected chi connectivity index (χ2v) is 4.12. The number of benzene rings is 2. The van der Waals surface area contributed by atoms with Gasteiger partial charge in [-0.15, -0.1) is 0 Å². The van der Waals surface area contributed by atoms with Crippen molar-refractivity contribution in [3.05, 3.63) is 53.6 Å². The summed E-state index contributed by atoms with van der Waals surface area (Å²) in [7, 11) is 0. The molecular formula is C14H11F2NO2. The number of fused-ring (bicyclic) bond motifs is 1. The summed E-state index contributed by atoms with van der Waals surface area (Å²) in [4.78, 5) is 0. The fourth-order valence-electron chi connectivity index (χ4n) is 1.90. The first kappa shape index (κ1) is 11.8. The fraction of sp³-hybridized carbons (Fsp3) is 0.143. The third-order valence-corrected chi connectivity index (χ3v) is 2.90. The molecule has 0 unspecified atom stereocenters. The Morgan fingerprint density at radius 3 is 2.53 bits per heavy atom. The summed E-state index contributed by atoms with van der Waals surface area (Å²) in [6, 6.07) is 9.07. The van der Waals surface area contributed by atoms with Crippen LogP contribution in [0.1, 0.15) is 5.56 Å². The zero-order valence-electron chi connectivity index (χ0n) is 9.95. The lowest BCUT2D eigenvalue weighted by atomic mass is 10.2. The number of nitrogens with one attached hydrogen (secondary N) is 1. The normalized spacial score (nSPS) is 12.5. The van der Waals surface area contributed by atoms with Crippen LogP contribution in [0.15, 0.2) is 36.4 Å². The molecule has 3 nitrogen and oxygen atoms in total. The zero-order valence-corrected chi connectivity index (χ0v) is 9.95. The van der Waals surface area contributed by atoms with Crippen molar-refractivity contribution in [1.82, 2.24) is 0 Å². The van der Waals surface area contributed by atoms with Crippen LogP contribution in [0.4, 0.5) is 14.5 Å². The van der Waals surface area contributed by atoms with Crippen molar-refractivity contribution in [1.29, 1.82) is 0 Å². The van der Waals surface area contributed by atoms with Gasteiger partial charge in [-0.2, -0.15) is 0 Å². The first-order chi connectivity index (χ1) is 9.24. The summed E-state index contributed by atoms with van der Waals surface area (Å²) in [5.74, 6) is 0.170. The van der Waals surface area contributed by atoms with Crippen LogP contribution in [-0.2, 0) is 6.54 Å². The quantitative estimate of drug-likeness (QED) is 0.921. The van der Waals surface area contributed by atoms with Crippen LogP contribution in [0.5, 0.6) is 11.5 Å². The molecule has 0 atom stereocenters. The van der Waals surface area contributed by atoms with Gasteiger partial charge in [0.1, 0.15) is 11.6 Å². The van der Waals surface area contributed by atoms with Crippen LogP contribution in [0.3, 0.4) is 0 Å². The van der Waals surface area contributed by atoms with E-state index in [1.807, 2.05) is 0 Å². The van der Waals surface area contributed by atoms with Gasteiger partial charge in [-0.1, -0.05) is 6.07 Å². The molecule has 1 heterocycles. The van der Waals surface area contributed by atoms with E-state index in [0.717, 1.165) is 0 Å². The van der Waals surface area contributed by atoms with Crippen LogP contribution in [0.25, 0.3) is 0 Å². The second kappa shape index (κ2) is 4.76. The molecule has 2 aromatic rings.